The van der Waals surface area contributed by atoms with Gasteiger partial charge in [-0.2, -0.15) is 0 Å². The van der Waals surface area contributed by atoms with Crippen LogP contribution in [-0.2, 0) is 46.8 Å². The van der Waals surface area contributed by atoms with Gasteiger partial charge in [-0.25, -0.2) is 28.7 Å². The Kier molecular flexibility index (Phi) is 16.7. The zero-order valence-corrected chi connectivity index (χ0v) is 54.3. The molecule has 3 aromatic carbocycles. The second-order valence-corrected chi connectivity index (χ2v) is 26.0. The first kappa shape index (κ1) is 60.0. The number of rotatable bonds is 8. The van der Waals surface area contributed by atoms with Crippen LogP contribution in [0.1, 0.15) is 176 Å². The number of benzene rings is 3. The highest BCUT2D eigenvalue weighted by Crippen LogP contribution is 2.40. The Morgan fingerprint density at radius 3 is 1.21 bits per heavy atom. The molecule has 442 valence electrons. The normalized spacial score (nSPS) is 14.1. The monoisotopic (exact) mass is 1150 g/mol. The molecule has 0 amide bonds. The molecule has 4 aliphatic rings. The highest BCUT2D eigenvalue weighted by Gasteiger charge is 2.34. The van der Waals surface area contributed by atoms with Crippen molar-refractivity contribution >= 4 is 16.7 Å². The second-order valence-electron chi connectivity index (χ2n) is 26.0. The number of hydrogen-bond acceptors (Lipinski definition) is 10. The first-order valence-corrected chi connectivity index (χ1v) is 30.8. The van der Waals surface area contributed by atoms with E-state index in [2.05, 4.69) is 192 Å². The van der Waals surface area contributed by atoms with Crippen LogP contribution >= 0.6 is 0 Å². The smallest absolute Gasteiger partial charge is 0.257 e. The van der Waals surface area contributed by atoms with E-state index in [1.165, 1.54) is 126 Å². The zero-order valence-electron chi connectivity index (χ0n) is 54.3. The van der Waals surface area contributed by atoms with Crippen LogP contribution in [0.3, 0.4) is 0 Å². The summed E-state index contributed by atoms with van der Waals surface area (Å²) < 4.78 is 6.43. The number of allylic oxidation sites excluding steroid dienone is 3. The number of aryl methyl sites for hydroxylation is 11. The molecule has 0 radical (unpaired) electrons. The molecule has 0 bridgehead atoms. The SMILES string of the molecule is Cc1cc(C)c(C)c(-c2c3c(nc[n+]2C)C(c2cnc(C4CCCC4)cn2)=CC3)c1.Cc1cc(C)c(C)c(-c2c3c(nc[n+]2C)C(c2cnc(CC(C)(C)C)cn2)=CC3)c1.Cc1cc(C)c(C)c(-c2c3c(nc[n+]2C)C(c2nc(C)nc(C)n2)=CC3)c1. The van der Waals surface area contributed by atoms with E-state index in [9.17, 15) is 0 Å². The topological polar surface area (TPSA) is 141 Å². The summed E-state index contributed by atoms with van der Waals surface area (Å²) in [6.07, 6.45) is 28.8. The molecular formula is C74H84N13+3. The molecule has 1 saturated carbocycles. The molecule has 0 atom stereocenters. The van der Waals surface area contributed by atoms with Crippen LogP contribution in [0.2, 0.25) is 0 Å². The fourth-order valence-corrected chi connectivity index (χ4v) is 13.3. The Balaban J connectivity index is 0.000000135. The average molecular weight is 1160 g/mol. The lowest BCUT2D eigenvalue weighted by Gasteiger charge is -2.17. The van der Waals surface area contributed by atoms with Gasteiger partial charge in [-0.15, -0.1) is 0 Å². The highest BCUT2D eigenvalue weighted by atomic mass is 15.0. The summed E-state index contributed by atoms with van der Waals surface area (Å²) >= 11 is 0. The summed E-state index contributed by atoms with van der Waals surface area (Å²) in [5, 5.41) is 0. The summed E-state index contributed by atoms with van der Waals surface area (Å²) in [5.74, 6) is 2.77. The molecule has 1 fully saturated rings. The van der Waals surface area contributed by atoms with Crippen molar-refractivity contribution in [2.24, 2.45) is 26.6 Å². The van der Waals surface area contributed by atoms with E-state index in [-0.39, 0.29) is 5.41 Å². The van der Waals surface area contributed by atoms with Crippen LogP contribution in [-0.4, -0.2) is 49.8 Å². The van der Waals surface area contributed by atoms with E-state index in [4.69, 9.17) is 29.9 Å². The Hall–Kier alpha value is -8.71. The third-order valence-corrected chi connectivity index (χ3v) is 17.9. The molecule has 6 heterocycles. The molecule has 0 saturated heterocycles. The van der Waals surface area contributed by atoms with Crippen molar-refractivity contribution in [3.8, 4) is 33.8 Å². The molecule has 0 spiro atoms. The van der Waals surface area contributed by atoms with Crippen LogP contribution in [0.4, 0.5) is 0 Å². The highest BCUT2D eigenvalue weighted by molar-refractivity contribution is 5.86. The summed E-state index contributed by atoms with van der Waals surface area (Å²) in [6, 6.07) is 13.6. The van der Waals surface area contributed by atoms with Gasteiger partial charge >= 0.3 is 0 Å². The molecule has 0 aliphatic heterocycles. The van der Waals surface area contributed by atoms with Crippen LogP contribution < -0.4 is 13.7 Å². The van der Waals surface area contributed by atoms with Gasteiger partial charge in [0.25, 0.3) is 19.0 Å². The predicted molar refractivity (Wildman–Crippen MR) is 345 cm³/mol. The molecule has 6 aromatic heterocycles. The van der Waals surface area contributed by atoms with Gasteiger partial charge in [0.15, 0.2) is 22.9 Å². The van der Waals surface area contributed by atoms with Gasteiger partial charge in [0.05, 0.1) is 78.6 Å². The van der Waals surface area contributed by atoms with Crippen LogP contribution in [0.15, 0.2) is 98.4 Å². The fourth-order valence-electron chi connectivity index (χ4n) is 13.3. The van der Waals surface area contributed by atoms with Crippen molar-refractivity contribution in [2.75, 3.05) is 0 Å². The Labute approximate surface area is 514 Å². The zero-order chi connectivity index (χ0) is 61.7. The molecule has 0 N–H and O–H groups in total. The maximum Gasteiger partial charge on any atom is 0.287 e. The summed E-state index contributed by atoms with van der Waals surface area (Å²) in [6.45, 7) is 30.1. The number of hydrogen-bond donors (Lipinski definition) is 0. The van der Waals surface area contributed by atoms with E-state index in [1.54, 1.807) is 0 Å². The molecule has 13 heteroatoms. The maximum absolute atomic E-state index is 4.80. The van der Waals surface area contributed by atoms with Gasteiger partial charge in [0, 0.05) is 65.4 Å². The van der Waals surface area contributed by atoms with Crippen molar-refractivity contribution in [1.29, 1.82) is 0 Å². The quantitative estimate of drug-likeness (QED) is 0.135. The molecular weight excluding hydrogens is 1070 g/mol. The summed E-state index contributed by atoms with van der Waals surface area (Å²) in [7, 11) is 6.24. The average Bonchev–Trinajstić information content (AvgIpc) is 1.99. The van der Waals surface area contributed by atoms with Crippen LogP contribution in [0.5, 0.6) is 0 Å². The first-order valence-electron chi connectivity index (χ1n) is 30.8. The minimum Gasteiger partial charge on any atom is -0.257 e. The molecule has 13 rings (SSSR count). The number of nitrogens with zero attached hydrogens (tertiary/aromatic N) is 13. The Morgan fingerprint density at radius 2 is 0.828 bits per heavy atom. The Bertz CT molecular complexity index is 4270. The molecule has 87 heavy (non-hydrogen) atoms. The van der Waals surface area contributed by atoms with Crippen molar-refractivity contribution in [2.45, 2.75) is 154 Å². The van der Waals surface area contributed by atoms with E-state index in [1.807, 2.05) is 57.6 Å². The lowest BCUT2D eigenvalue weighted by Crippen LogP contribution is -2.33. The number of fused-ring (bicyclic) bond motifs is 3. The third kappa shape index (κ3) is 12.2. The van der Waals surface area contributed by atoms with Gasteiger partial charge in [0.1, 0.15) is 28.7 Å². The molecule has 13 nitrogen and oxygen atoms in total. The van der Waals surface area contributed by atoms with Gasteiger partial charge in [-0.3, -0.25) is 19.9 Å². The molecule has 9 aromatic rings. The van der Waals surface area contributed by atoms with E-state index >= 15 is 0 Å². The standard InChI is InChI=1S/C26H29N4.C26H31N4.C22H24N5/c1-16-11-17(2)18(3)22(12-16)26-21-10-9-20(25(21)29-15-30(26)4)24-14-27-23(13-28-24)19-7-5-6-8-19;1-16-10-17(2)18(3)22(11-16)25-21-9-8-20(24(21)29-15-30(25)7)23-14-27-19(13-28-23)12-26(4,5)6;1-12-9-13(2)14(3)19(10-12)21-17-7-8-18(20(17)23-11-27(21)6)22-25-15(4)24-16(5)26-22/h9,11-15,19H,5-8,10H2,1-4H3;8,10-11,13-15H,9,12H2,1-7H3;8-11H,7H2,1-6H3/q3*+1. The number of aromatic nitrogens is 13. The maximum atomic E-state index is 4.80. The predicted octanol–water partition coefficient (Wildman–Crippen LogP) is 13.1. The van der Waals surface area contributed by atoms with E-state index in [0.717, 1.165) is 93.9 Å². The van der Waals surface area contributed by atoms with Gasteiger partial charge in [-0.05, 0) is 167 Å². The fraction of sp³-hybridized carbons (Fsp3) is 0.365. The van der Waals surface area contributed by atoms with E-state index < -0.39 is 0 Å². The van der Waals surface area contributed by atoms with Crippen LogP contribution in [0.25, 0.3) is 50.5 Å². The van der Waals surface area contributed by atoms with Gasteiger partial charge < -0.3 is 0 Å². The van der Waals surface area contributed by atoms with Crippen molar-refractivity contribution in [3.05, 3.63) is 222 Å². The largest absolute Gasteiger partial charge is 0.287 e. The molecule has 4 aliphatic carbocycles. The Morgan fingerprint density at radius 1 is 0.437 bits per heavy atom. The lowest BCUT2D eigenvalue weighted by atomic mass is 9.91. The van der Waals surface area contributed by atoms with Gasteiger partial charge in [-0.1, -0.05) is 86.7 Å². The minimum absolute atomic E-state index is 0.199. The summed E-state index contributed by atoms with van der Waals surface area (Å²) in [4.78, 5) is 46.7. The minimum atomic E-state index is 0.199. The lowest BCUT2D eigenvalue weighted by molar-refractivity contribution is -0.664. The van der Waals surface area contributed by atoms with Crippen molar-refractivity contribution < 1.29 is 13.7 Å². The van der Waals surface area contributed by atoms with Gasteiger partial charge in [0.2, 0.25) is 0 Å². The first-order chi connectivity index (χ1) is 41.5. The second kappa shape index (κ2) is 24.2. The third-order valence-electron chi connectivity index (χ3n) is 17.9. The van der Waals surface area contributed by atoms with Crippen molar-refractivity contribution in [1.82, 2.24) is 49.8 Å². The summed E-state index contributed by atoms with van der Waals surface area (Å²) in [5.41, 5.74) is 33.6. The molecule has 0 unspecified atom stereocenters. The van der Waals surface area contributed by atoms with E-state index in [0.29, 0.717) is 11.7 Å². The van der Waals surface area contributed by atoms with Crippen molar-refractivity contribution in [3.63, 3.8) is 0 Å². The van der Waals surface area contributed by atoms with Crippen LogP contribution in [0, 0.1) is 81.6 Å².